The standard InChI is InChI=1S/C28H29Cl2F4N7O3.CH2O2/c1-4-20(42)39-8-9-40(14(2)12-39)25-19-10-16(28(32,33)34)21(22-23(31)17(29)11-18(30)24(22)35)26(43)41(19)37-27(36-25)44-13-15-6-5-7-38(15)3;2-1-3/h4,10-11,14-15H,1,5-9,12-13,35H2,2-3H3;1H,(H,2,3)/t14-,15-;/m0./s1. The van der Waals surface area contributed by atoms with Crippen LogP contribution in [-0.2, 0) is 15.8 Å². The summed E-state index contributed by atoms with van der Waals surface area (Å²) < 4.78 is 65.8. The van der Waals surface area contributed by atoms with Gasteiger partial charge >= 0.3 is 12.2 Å². The van der Waals surface area contributed by atoms with Gasteiger partial charge in [-0.1, -0.05) is 29.8 Å². The van der Waals surface area contributed by atoms with Gasteiger partial charge in [-0.3, -0.25) is 14.4 Å². The van der Waals surface area contributed by atoms with Gasteiger partial charge < -0.3 is 30.3 Å². The zero-order valence-electron chi connectivity index (χ0n) is 25.2. The topological polar surface area (TPSA) is 147 Å². The number of carboxylic acid groups (broad SMARTS) is 1. The molecule has 3 aromatic rings. The average Bonchev–Trinajstić information content (AvgIpc) is 3.43. The Morgan fingerprint density at radius 2 is 1.89 bits per heavy atom. The number of benzene rings is 1. The minimum Gasteiger partial charge on any atom is -0.483 e. The minimum atomic E-state index is -5.14. The van der Waals surface area contributed by atoms with Crippen molar-refractivity contribution in [3.05, 3.63) is 56.6 Å². The lowest BCUT2D eigenvalue weighted by Crippen LogP contribution is -2.54. The molecule has 1 amide bonds. The quantitative estimate of drug-likeness (QED) is 0.126. The third kappa shape index (κ3) is 7.23. The molecule has 0 aliphatic carbocycles. The maximum Gasteiger partial charge on any atom is 0.417 e. The monoisotopic (exact) mass is 703 g/mol. The first kappa shape index (κ1) is 35.7. The van der Waals surface area contributed by atoms with Crippen molar-refractivity contribution in [2.45, 2.75) is 38.0 Å². The first-order valence-corrected chi connectivity index (χ1v) is 15.0. The highest BCUT2D eigenvalue weighted by molar-refractivity contribution is 6.37. The lowest BCUT2D eigenvalue weighted by Gasteiger charge is -2.40. The smallest absolute Gasteiger partial charge is 0.417 e. The molecule has 1 aromatic carbocycles. The summed E-state index contributed by atoms with van der Waals surface area (Å²) in [6.45, 7) is 6.63. The van der Waals surface area contributed by atoms with E-state index in [2.05, 4.69) is 21.6 Å². The van der Waals surface area contributed by atoms with Crippen molar-refractivity contribution in [2.24, 2.45) is 0 Å². The molecule has 254 valence electrons. The van der Waals surface area contributed by atoms with Gasteiger partial charge in [0.1, 0.15) is 12.1 Å². The number of amides is 1. The van der Waals surface area contributed by atoms with Crippen molar-refractivity contribution in [1.29, 1.82) is 0 Å². The lowest BCUT2D eigenvalue weighted by atomic mass is 9.98. The summed E-state index contributed by atoms with van der Waals surface area (Å²) in [5.41, 5.74) is 0.201. The van der Waals surface area contributed by atoms with Crippen molar-refractivity contribution in [3.63, 3.8) is 0 Å². The van der Waals surface area contributed by atoms with E-state index in [1.54, 1.807) is 16.7 Å². The number of nitrogens with zero attached hydrogens (tertiary/aromatic N) is 6. The molecule has 0 saturated carbocycles. The zero-order valence-corrected chi connectivity index (χ0v) is 26.7. The molecule has 2 aliphatic rings. The number of nitrogens with two attached hydrogens (primary N) is 1. The Hall–Kier alpha value is -4.15. The number of likely N-dealkylation sites (N-methyl/N-ethyl adjacent to an activating group) is 1. The Labute approximate surface area is 275 Å². The molecule has 18 heteroatoms. The number of carbonyl (C=O) groups excluding carboxylic acids is 1. The second-order valence-electron chi connectivity index (χ2n) is 10.9. The van der Waals surface area contributed by atoms with Crippen molar-refractivity contribution in [3.8, 4) is 17.1 Å². The Morgan fingerprint density at radius 1 is 1.21 bits per heavy atom. The first-order valence-electron chi connectivity index (χ1n) is 14.2. The van der Waals surface area contributed by atoms with Crippen LogP contribution >= 0.6 is 23.2 Å². The van der Waals surface area contributed by atoms with Crippen LogP contribution < -0.4 is 20.9 Å². The Kier molecular flexibility index (Phi) is 10.9. The van der Waals surface area contributed by atoms with E-state index in [0.29, 0.717) is 10.6 Å². The molecule has 0 unspecified atom stereocenters. The van der Waals surface area contributed by atoms with Crippen molar-refractivity contribution >= 4 is 52.6 Å². The Balaban J connectivity index is 0.00000160. The SMILES string of the molecule is C=CC(=O)N1CCN(c2nc(OC[C@@H]3CCCN3C)nn3c(=O)c(-c4c(N)c(Cl)cc(Cl)c4F)c(C(F)(F)F)cc23)[C@@H](C)C1.O=CO. The minimum absolute atomic E-state index is 0.0281. The number of fused-ring (bicyclic) bond motifs is 1. The molecule has 12 nitrogen and oxygen atoms in total. The van der Waals surface area contributed by atoms with Crippen molar-refractivity contribution in [2.75, 3.05) is 50.5 Å². The molecule has 5 rings (SSSR count). The van der Waals surface area contributed by atoms with Gasteiger partial charge in [-0.15, -0.1) is 5.10 Å². The number of nitrogen functional groups attached to an aromatic ring is 1. The van der Waals surface area contributed by atoms with E-state index in [4.69, 9.17) is 43.6 Å². The largest absolute Gasteiger partial charge is 0.483 e. The molecule has 2 fully saturated rings. The fraction of sp³-hybridized carbons (Fsp3) is 0.414. The molecule has 3 N–H and O–H groups in total. The van der Waals surface area contributed by atoms with Gasteiger partial charge in [0, 0.05) is 37.3 Å². The average molecular weight is 705 g/mol. The number of alkyl halides is 3. The summed E-state index contributed by atoms with van der Waals surface area (Å²) in [5, 5.41) is 10.1. The number of halogens is 6. The predicted molar refractivity (Wildman–Crippen MR) is 168 cm³/mol. The molecular formula is C29H31Cl2F4N7O5. The van der Waals surface area contributed by atoms with Gasteiger partial charge in [0.15, 0.2) is 11.6 Å². The molecule has 4 heterocycles. The van der Waals surface area contributed by atoms with Crippen LogP contribution in [0.15, 0.2) is 29.6 Å². The van der Waals surface area contributed by atoms with Crippen LogP contribution in [0.2, 0.25) is 10.0 Å². The van der Waals surface area contributed by atoms with Gasteiger partial charge in [-0.05, 0) is 51.6 Å². The predicted octanol–water partition coefficient (Wildman–Crippen LogP) is 4.20. The second kappa shape index (κ2) is 14.3. The van der Waals surface area contributed by atoms with E-state index in [1.165, 1.54) is 6.08 Å². The van der Waals surface area contributed by atoms with Crippen LogP contribution in [0.5, 0.6) is 6.01 Å². The van der Waals surface area contributed by atoms with E-state index in [0.717, 1.165) is 25.5 Å². The Bertz CT molecular complexity index is 1730. The summed E-state index contributed by atoms with van der Waals surface area (Å²) in [5.74, 6) is -1.67. The number of carbonyl (C=O) groups is 2. The zero-order chi connectivity index (χ0) is 34.8. The van der Waals surface area contributed by atoms with Gasteiger partial charge in [-0.25, -0.2) is 4.39 Å². The van der Waals surface area contributed by atoms with Gasteiger partial charge in [0.25, 0.3) is 12.0 Å². The first-order chi connectivity index (χ1) is 22.1. The van der Waals surface area contributed by atoms with E-state index in [9.17, 15) is 22.8 Å². The number of aromatic nitrogens is 3. The van der Waals surface area contributed by atoms with Gasteiger partial charge in [-0.2, -0.15) is 22.7 Å². The molecule has 0 bridgehead atoms. The number of hydrogen-bond donors (Lipinski definition) is 2. The summed E-state index contributed by atoms with van der Waals surface area (Å²) in [6.07, 6.45) is -2.16. The third-order valence-corrected chi connectivity index (χ3v) is 8.62. The maximum atomic E-state index is 15.3. The number of ether oxygens (including phenoxy) is 1. The molecule has 2 aliphatic heterocycles. The molecular weight excluding hydrogens is 673 g/mol. The molecule has 0 spiro atoms. The number of hydrogen-bond acceptors (Lipinski definition) is 9. The maximum absolute atomic E-state index is 15.3. The normalized spacial score (nSPS) is 18.6. The van der Waals surface area contributed by atoms with Crippen LogP contribution in [0, 0.1) is 5.82 Å². The number of rotatable bonds is 6. The van der Waals surface area contributed by atoms with Crippen LogP contribution in [0.25, 0.3) is 16.6 Å². The molecule has 0 radical (unpaired) electrons. The van der Waals surface area contributed by atoms with Crippen LogP contribution in [0.4, 0.5) is 29.1 Å². The number of anilines is 2. The summed E-state index contributed by atoms with van der Waals surface area (Å²) >= 11 is 12.0. The molecule has 47 heavy (non-hydrogen) atoms. The number of likely N-dealkylation sites (tertiary alicyclic amines) is 1. The van der Waals surface area contributed by atoms with Crippen LogP contribution in [0.1, 0.15) is 25.3 Å². The fourth-order valence-electron chi connectivity index (χ4n) is 5.67. The molecule has 2 aromatic heterocycles. The fourth-order valence-corrected chi connectivity index (χ4v) is 6.13. The third-order valence-electron chi connectivity index (χ3n) is 8.03. The highest BCUT2D eigenvalue weighted by Gasteiger charge is 2.39. The van der Waals surface area contributed by atoms with E-state index >= 15 is 4.39 Å². The lowest BCUT2D eigenvalue weighted by molar-refractivity contribution is -0.137. The summed E-state index contributed by atoms with van der Waals surface area (Å²) in [7, 11) is 1.93. The van der Waals surface area contributed by atoms with Crippen LogP contribution in [0.3, 0.4) is 0 Å². The van der Waals surface area contributed by atoms with Crippen molar-refractivity contribution in [1.82, 2.24) is 24.4 Å². The summed E-state index contributed by atoms with van der Waals surface area (Å²) in [6, 6.07) is 0.933. The van der Waals surface area contributed by atoms with Gasteiger partial charge in [0.05, 0.1) is 26.9 Å². The highest BCUT2D eigenvalue weighted by Crippen LogP contribution is 2.43. The number of piperazine rings is 1. The van der Waals surface area contributed by atoms with Crippen LogP contribution in [-0.4, -0.2) is 93.8 Å². The van der Waals surface area contributed by atoms with Gasteiger partial charge in [0.2, 0.25) is 5.91 Å². The molecule has 2 saturated heterocycles. The molecule has 2 atom stereocenters. The Morgan fingerprint density at radius 3 is 2.47 bits per heavy atom. The van der Waals surface area contributed by atoms with E-state index < -0.39 is 51.0 Å². The second-order valence-corrected chi connectivity index (χ2v) is 11.7. The summed E-state index contributed by atoms with van der Waals surface area (Å²) in [4.78, 5) is 44.4. The number of pyridine rings is 1. The highest BCUT2D eigenvalue weighted by atomic mass is 35.5. The van der Waals surface area contributed by atoms with E-state index in [-0.39, 0.29) is 67.0 Å². The van der Waals surface area contributed by atoms with Crippen molar-refractivity contribution < 1.29 is 37.0 Å². The van der Waals surface area contributed by atoms with E-state index in [1.807, 2.05) is 7.05 Å².